The number of hydrogen-bond donors (Lipinski definition) is 1. The van der Waals surface area contributed by atoms with Crippen LogP contribution in [-0.4, -0.2) is 29.0 Å². The second-order valence-electron chi connectivity index (χ2n) is 6.22. The van der Waals surface area contributed by atoms with E-state index in [9.17, 15) is 4.79 Å². The molecule has 2 N–H and O–H groups in total. The van der Waals surface area contributed by atoms with E-state index in [1.165, 1.54) is 35.6 Å². The molecule has 1 saturated carbocycles. The number of nitrogens with zero attached hydrogens (tertiary/aromatic N) is 2. The molecule has 0 spiro atoms. The van der Waals surface area contributed by atoms with Crippen LogP contribution < -0.4 is 10.7 Å². The van der Waals surface area contributed by atoms with Crippen molar-refractivity contribution in [2.45, 2.75) is 25.7 Å². The van der Waals surface area contributed by atoms with E-state index < -0.39 is 0 Å². The molecule has 3 rings (SSSR count). The summed E-state index contributed by atoms with van der Waals surface area (Å²) >= 11 is 11.5. The normalized spacial score (nSPS) is 14.4. The summed E-state index contributed by atoms with van der Waals surface area (Å²) in [6, 6.07) is 10.3. The average molecular weight is 471 g/mol. The zero-order chi connectivity index (χ0) is 19.4. The minimum atomic E-state index is -0.247. The maximum Gasteiger partial charge on any atom is 0.315 e. The molecule has 1 fully saturated rings. The number of carbonyl (C=O) groups excluding carboxylic acids is 1. The van der Waals surface area contributed by atoms with Crippen molar-refractivity contribution in [1.82, 2.24) is 0 Å². The molecule has 1 aliphatic rings. The van der Waals surface area contributed by atoms with Crippen LogP contribution in [0.1, 0.15) is 31.2 Å². The van der Waals surface area contributed by atoms with Gasteiger partial charge >= 0.3 is 5.97 Å². The topological polar surface area (TPSA) is 67.9 Å². The quantitative estimate of drug-likeness (QED) is 0.117. The SMILES string of the molecule is CCOC(=O)CSCN(/C(Br)=N\N)c1c(Cl)cc(C2CC2)c2ccccc12. The number of halogens is 2. The van der Waals surface area contributed by atoms with Gasteiger partial charge in [0.2, 0.25) is 0 Å². The molecule has 0 heterocycles. The van der Waals surface area contributed by atoms with Crippen LogP contribution >= 0.6 is 39.3 Å². The minimum Gasteiger partial charge on any atom is -0.465 e. The number of anilines is 1. The lowest BCUT2D eigenvalue weighted by molar-refractivity contribution is -0.139. The molecule has 144 valence electrons. The van der Waals surface area contributed by atoms with E-state index in [0.29, 0.717) is 28.2 Å². The Hall–Kier alpha value is -1.44. The molecule has 0 unspecified atom stereocenters. The first kappa shape index (κ1) is 20.3. The van der Waals surface area contributed by atoms with Gasteiger partial charge in [-0.25, -0.2) is 0 Å². The Morgan fingerprint density at radius 2 is 2.11 bits per heavy atom. The minimum absolute atomic E-state index is 0.241. The number of rotatable bonds is 7. The van der Waals surface area contributed by atoms with Gasteiger partial charge in [-0.2, -0.15) is 5.10 Å². The number of fused-ring (bicyclic) bond motifs is 1. The highest BCUT2D eigenvalue weighted by molar-refractivity contribution is 9.18. The van der Waals surface area contributed by atoms with Crippen LogP contribution in [0.15, 0.2) is 35.4 Å². The van der Waals surface area contributed by atoms with Crippen LogP contribution in [0.2, 0.25) is 5.02 Å². The van der Waals surface area contributed by atoms with Gasteiger partial charge in [-0.15, -0.1) is 11.8 Å². The number of carbonyl (C=O) groups is 1. The van der Waals surface area contributed by atoms with Gasteiger partial charge in [0.05, 0.1) is 28.9 Å². The molecule has 0 aromatic heterocycles. The van der Waals surface area contributed by atoms with Gasteiger partial charge < -0.3 is 15.5 Å². The highest BCUT2D eigenvalue weighted by Gasteiger charge is 2.28. The first-order valence-electron chi connectivity index (χ1n) is 8.72. The summed E-state index contributed by atoms with van der Waals surface area (Å²) in [5.41, 5.74) is 2.12. The highest BCUT2D eigenvalue weighted by atomic mass is 79.9. The van der Waals surface area contributed by atoms with Gasteiger partial charge in [-0.1, -0.05) is 35.9 Å². The number of hydrogen-bond acceptors (Lipinski definition) is 5. The first-order chi connectivity index (χ1) is 13.1. The Morgan fingerprint density at radius 3 is 2.74 bits per heavy atom. The summed E-state index contributed by atoms with van der Waals surface area (Å²) in [5.74, 6) is 6.56. The Bertz CT molecular complexity index is 873. The van der Waals surface area contributed by atoms with Crippen molar-refractivity contribution in [1.29, 1.82) is 0 Å². The van der Waals surface area contributed by atoms with Crippen molar-refractivity contribution in [3.05, 3.63) is 40.9 Å². The standard InChI is InChI=1S/C19H21BrClN3O2S/c1-2-26-17(25)10-27-11-24(19(20)23-22)18-14-6-4-3-5-13(14)15(9-16(18)21)12-7-8-12/h3-6,9,12H,2,7-8,10-11,22H2,1H3/b23-19-. The predicted octanol–water partition coefficient (Wildman–Crippen LogP) is 5.06. The average Bonchev–Trinajstić information content (AvgIpc) is 3.50. The summed E-state index contributed by atoms with van der Waals surface area (Å²) in [6.07, 6.45) is 2.40. The van der Waals surface area contributed by atoms with Gasteiger partial charge in [0.25, 0.3) is 0 Å². The molecule has 5 nitrogen and oxygen atoms in total. The number of esters is 1. The molecular formula is C19H21BrClN3O2S. The predicted molar refractivity (Wildman–Crippen MR) is 118 cm³/mol. The third-order valence-corrected chi connectivity index (χ3v) is 6.17. The molecule has 0 saturated heterocycles. The molecule has 0 atom stereocenters. The number of hydrazone groups is 1. The summed E-state index contributed by atoms with van der Waals surface area (Å²) in [4.78, 5) is 13.5. The lowest BCUT2D eigenvalue weighted by atomic mass is 9.99. The van der Waals surface area contributed by atoms with Gasteiger partial charge in [-0.05, 0) is 58.6 Å². The maximum atomic E-state index is 11.7. The van der Waals surface area contributed by atoms with Crippen LogP contribution in [0, 0.1) is 0 Å². The van der Waals surface area contributed by atoms with Crippen LogP contribution in [0.3, 0.4) is 0 Å². The second kappa shape index (κ2) is 9.17. The van der Waals surface area contributed by atoms with E-state index in [0.717, 1.165) is 11.1 Å². The van der Waals surface area contributed by atoms with E-state index in [1.54, 1.807) is 6.92 Å². The van der Waals surface area contributed by atoms with Crippen molar-refractivity contribution in [3.8, 4) is 0 Å². The summed E-state index contributed by atoms with van der Waals surface area (Å²) < 4.78 is 5.44. The van der Waals surface area contributed by atoms with Crippen LogP contribution in [-0.2, 0) is 9.53 Å². The molecule has 0 amide bonds. The van der Waals surface area contributed by atoms with Crippen molar-refractivity contribution >= 4 is 66.5 Å². The largest absolute Gasteiger partial charge is 0.465 e. The Morgan fingerprint density at radius 1 is 1.41 bits per heavy atom. The summed E-state index contributed by atoms with van der Waals surface area (Å²) in [7, 11) is 0. The first-order valence-corrected chi connectivity index (χ1v) is 11.0. The lowest BCUT2D eigenvalue weighted by Gasteiger charge is -2.26. The molecule has 2 aromatic carbocycles. The van der Waals surface area contributed by atoms with E-state index in [2.05, 4.69) is 39.2 Å². The number of amidine groups is 1. The lowest BCUT2D eigenvalue weighted by Crippen LogP contribution is -2.28. The maximum absolute atomic E-state index is 11.7. The van der Waals surface area contributed by atoms with Crippen molar-refractivity contribution in [2.24, 2.45) is 10.9 Å². The fraction of sp³-hybridized carbons (Fsp3) is 0.368. The van der Waals surface area contributed by atoms with Gasteiger partial charge in [-0.3, -0.25) is 4.79 Å². The number of ether oxygens (including phenoxy) is 1. The summed E-state index contributed by atoms with van der Waals surface area (Å²) in [6.45, 7) is 2.16. The molecule has 0 aliphatic heterocycles. The molecular weight excluding hydrogens is 450 g/mol. The summed E-state index contributed by atoms with van der Waals surface area (Å²) in [5, 5.41) is 6.67. The molecule has 0 bridgehead atoms. The van der Waals surface area contributed by atoms with E-state index >= 15 is 0 Å². The fourth-order valence-electron chi connectivity index (χ4n) is 3.06. The monoisotopic (exact) mass is 469 g/mol. The number of thioether (sulfide) groups is 1. The molecule has 8 heteroatoms. The van der Waals surface area contributed by atoms with Crippen LogP contribution in [0.4, 0.5) is 5.69 Å². The number of nitrogens with two attached hydrogens (primary N) is 1. The Kier molecular flexibility index (Phi) is 6.89. The van der Waals surface area contributed by atoms with E-state index in [-0.39, 0.29) is 11.7 Å². The highest BCUT2D eigenvalue weighted by Crippen LogP contribution is 2.47. The van der Waals surface area contributed by atoms with E-state index in [1.807, 2.05) is 17.0 Å². The molecule has 0 radical (unpaired) electrons. The second-order valence-corrected chi connectivity index (χ2v) is 8.30. The Labute approximate surface area is 176 Å². The molecule has 1 aliphatic carbocycles. The van der Waals surface area contributed by atoms with Gasteiger partial charge in [0.15, 0.2) is 4.74 Å². The van der Waals surface area contributed by atoms with Crippen molar-refractivity contribution in [2.75, 3.05) is 23.1 Å². The molecule has 2 aromatic rings. The zero-order valence-corrected chi connectivity index (χ0v) is 18.1. The van der Waals surface area contributed by atoms with Gasteiger partial charge in [0, 0.05) is 5.39 Å². The van der Waals surface area contributed by atoms with Crippen LogP contribution in [0.5, 0.6) is 0 Å². The Balaban J connectivity index is 1.97. The fourth-order valence-corrected chi connectivity index (χ4v) is 4.63. The smallest absolute Gasteiger partial charge is 0.315 e. The third kappa shape index (κ3) is 4.70. The van der Waals surface area contributed by atoms with Crippen molar-refractivity contribution < 1.29 is 9.53 Å². The third-order valence-electron chi connectivity index (χ3n) is 4.36. The van der Waals surface area contributed by atoms with E-state index in [4.69, 9.17) is 22.2 Å². The number of benzene rings is 2. The molecule has 27 heavy (non-hydrogen) atoms. The van der Waals surface area contributed by atoms with Crippen molar-refractivity contribution in [3.63, 3.8) is 0 Å². The zero-order valence-electron chi connectivity index (χ0n) is 15.0. The van der Waals surface area contributed by atoms with Gasteiger partial charge in [0.1, 0.15) is 0 Å². The van der Waals surface area contributed by atoms with Crippen LogP contribution in [0.25, 0.3) is 10.8 Å².